The molecule has 0 bridgehead atoms. The normalized spacial score (nSPS) is 11.6. The van der Waals surface area contributed by atoms with Crippen LogP contribution in [-0.4, -0.2) is 80.9 Å². The van der Waals surface area contributed by atoms with Crippen LogP contribution in [0.3, 0.4) is 0 Å². The predicted molar refractivity (Wildman–Crippen MR) is 421 cm³/mol. The summed E-state index contributed by atoms with van der Waals surface area (Å²) < 4.78 is 79.5. The van der Waals surface area contributed by atoms with Crippen LogP contribution in [0.1, 0.15) is 36.8 Å². The molecule has 26 heteroatoms. The zero-order valence-electron chi connectivity index (χ0n) is 65.4. The molecule has 0 aliphatic carbocycles. The third-order valence-corrected chi connectivity index (χ3v) is 16.1. The number of ketones is 1. The molecule has 0 atom stereocenters. The van der Waals surface area contributed by atoms with Crippen molar-refractivity contribution in [3.63, 3.8) is 0 Å². The number of aliphatic hydroxyl groups is 1. The Hall–Kier alpha value is -10.5. The molecule has 11 heterocycles. The van der Waals surface area contributed by atoms with E-state index in [4.69, 9.17) is 17.1 Å². The summed E-state index contributed by atoms with van der Waals surface area (Å²) in [5.41, 5.74) is 8.86. The number of hydrogen-bond acceptors (Lipinski definition) is 16. The molecule has 2 N–H and O–H groups in total. The quantitative estimate of drug-likeness (QED) is 0.0783. The minimum atomic E-state index is -0.990. The average molecular weight is 2420 g/mol. The Balaban J connectivity index is 0.000000247. The molecule has 585 valence electrons. The molecule has 5 radical (unpaired) electrons. The summed E-state index contributed by atoms with van der Waals surface area (Å²) in [4.78, 5) is 58.0. The van der Waals surface area contributed by atoms with Crippen molar-refractivity contribution in [3.05, 3.63) is 377 Å². The first kappa shape index (κ1) is 84.9. The molecular weight excluding hydrogens is 2340 g/mol. The minimum Gasteiger partial charge on any atom is -0.574 e. The first-order valence-corrected chi connectivity index (χ1v) is 33.9. The van der Waals surface area contributed by atoms with Gasteiger partial charge in [0.1, 0.15) is 23.1 Å². The molecule has 0 amide bonds. The van der Waals surface area contributed by atoms with Crippen LogP contribution in [0.15, 0.2) is 316 Å². The van der Waals surface area contributed by atoms with E-state index in [-0.39, 0.29) is 159 Å². The molecule has 0 unspecified atom stereocenters. The van der Waals surface area contributed by atoms with E-state index in [0.29, 0.717) is 17.1 Å². The van der Waals surface area contributed by atoms with Crippen LogP contribution in [0, 0.1) is 55.9 Å². The number of anilines is 4. The number of pyridine rings is 7. The largest absolute Gasteiger partial charge is 0.574 e. The molecule has 6 aromatic carbocycles. The number of para-hydroxylation sites is 2. The molecule has 17 nitrogen and oxygen atoms in total. The van der Waals surface area contributed by atoms with Gasteiger partial charge in [-0.3, -0.25) is 18.6 Å². The van der Waals surface area contributed by atoms with Crippen LogP contribution >= 0.6 is 11.3 Å². The van der Waals surface area contributed by atoms with E-state index >= 15 is 0 Å². The monoisotopic (exact) mass is 2420 g/mol. The third kappa shape index (κ3) is 28.3. The van der Waals surface area contributed by atoms with Gasteiger partial charge in [0.2, 0.25) is 0 Å². The smallest absolute Gasteiger partial charge is 0.354 e. The van der Waals surface area contributed by atoms with Crippen molar-refractivity contribution in [2.24, 2.45) is 0 Å². The summed E-state index contributed by atoms with van der Waals surface area (Å²) in [5.74, 6) is -1.00. The van der Waals surface area contributed by atoms with Crippen LogP contribution in [-0.2, 0) is 105 Å². The van der Waals surface area contributed by atoms with Gasteiger partial charge in [0.05, 0.1) is 18.8 Å². The molecule has 2 aliphatic rings. The number of aromatic carboxylic acids is 1. The number of carbonyl (C=O) groups excluding carboxylic acids is 1. The van der Waals surface area contributed by atoms with Crippen LogP contribution in [0.25, 0.3) is 76.5 Å². The van der Waals surface area contributed by atoms with E-state index in [1.165, 1.54) is 65.9 Å². The van der Waals surface area contributed by atoms with E-state index < -0.39 is 23.6 Å². The van der Waals surface area contributed by atoms with Crippen LogP contribution < -0.4 is 19.8 Å². The molecule has 2 aliphatic heterocycles. The molecule has 113 heavy (non-hydrogen) atoms. The van der Waals surface area contributed by atoms with Crippen molar-refractivity contribution in [3.8, 4) is 55.6 Å². The predicted octanol–water partition coefficient (Wildman–Crippen LogP) is 19.5. The zero-order valence-corrected chi connectivity index (χ0v) is 73.2. The number of rotatable bonds is 9. The molecular formula is C87H70F3Ir5N13O4S-6. The summed E-state index contributed by atoms with van der Waals surface area (Å²) in [7, 11) is 3.96. The molecule has 0 saturated heterocycles. The maximum Gasteiger partial charge on any atom is 0.354 e. The topological polar surface area (TPSA) is 205 Å². The summed E-state index contributed by atoms with van der Waals surface area (Å²) >= 11 is 1.73. The van der Waals surface area contributed by atoms with Gasteiger partial charge < -0.3 is 55.0 Å². The summed E-state index contributed by atoms with van der Waals surface area (Å²) in [5, 5.41) is 27.6. The number of allylic oxidation sites excluding steroid dienone is 2. The number of hydrogen-bond donors (Lipinski definition) is 2. The van der Waals surface area contributed by atoms with Gasteiger partial charge in [-0.15, -0.1) is 78.2 Å². The number of fused-ring (bicyclic) bond motifs is 3. The second kappa shape index (κ2) is 48.4. The van der Waals surface area contributed by atoms with Crippen LogP contribution in [0.4, 0.5) is 36.2 Å². The first-order valence-electron chi connectivity index (χ1n) is 35.6. The van der Waals surface area contributed by atoms with Gasteiger partial charge in [-0.05, 0) is 152 Å². The molecule has 17 rings (SSSR count). The second-order valence-corrected chi connectivity index (χ2v) is 24.0. The number of aryl methyl sites for hydroxylation is 1. The van der Waals surface area contributed by atoms with Crippen LogP contribution in [0.2, 0.25) is 0 Å². The number of benzene rings is 6. The number of aromatic nitrogens is 9. The Bertz CT molecular complexity index is 5660. The van der Waals surface area contributed by atoms with Gasteiger partial charge >= 0.3 is 5.97 Å². The fourth-order valence-electron chi connectivity index (χ4n) is 10.1. The van der Waals surface area contributed by atoms with Crippen molar-refractivity contribution in [2.75, 3.05) is 28.8 Å². The Labute approximate surface area is 732 Å². The first-order chi connectivity index (χ1) is 54.6. The summed E-state index contributed by atoms with van der Waals surface area (Å²) in [6, 6.07) is 72.1. The number of thiophene rings is 1. The summed E-state index contributed by atoms with van der Waals surface area (Å²) in [6.07, 6.45) is 17.7. The third-order valence-electron chi connectivity index (χ3n) is 15.0. The van der Waals surface area contributed by atoms with E-state index in [2.05, 4.69) is 103 Å². The fourth-order valence-corrected chi connectivity index (χ4v) is 11.1. The van der Waals surface area contributed by atoms with Crippen molar-refractivity contribution in [1.29, 1.82) is 0 Å². The number of carboxylic acid groups (broad SMARTS) is 1. The molecule has 0 spiro atoms. The van der Waals surface area contributed by atoms with Crippen molar-refractivity contribution >= 4 is 67.0 Å². The maximum absolute atomic E-state index is 13.2. The van der Waals surface area contributed by atoms with Gasteiger partial charge in [-0.2, -0.15) is 0 Å². The van der Waals surface area contributed by atoms with Gasteiger partial charge in [0.25, 0.3) is 0 Å². The maximum atomic E-state index is 13.2. The minimum absolute atomic E-state index is 0. The van der Waals surface area contributed by atoms with Gasteiger partial charge in [0, 0.05) is 190 Å². The second-order valence-electron chi connectivity index (χ2n) is 23.0. The van der Waals surface area contributed by atoms with Crippen molar-refractivity contribution < 1.29 is 140 Å². The molecule has 0 fully saturated rings. The standard InChI is InChI=1S/C22H16N.C13H12N3.C13H8NS.C11H6F2N.C9H9FN3.C8H6N3.C6H5NO2.C5H8O2.5Ir/c1-16-14-22(23-15-21(16)18-8-3-2-4-9-18)20-13-7-11-17-10-5-6-12-19(17)20;1-15-10-16(13-8-4-5-9-14-13)12-7-3-2-6-11(12)15;1-2-7-12-10(5-1)9-13(15-12)11-6-3-4-8-14-11;12-8-4-5-9(10(13)7-8)11-3-1-2-6-14-11;1-12-4-5-13(7-12)9-3-2-8(10)6-11-9;1-2-5-9-7(3-1)8-4-6-10-11-8;8-6(9)5-3-1-2-4-7-5;1-4(6)3-5(2)7;;;;;/h2-12,14-15H,1H3;2-10H,1H3;1-8H;1-4,6-7H;2-7H,1H3;1-6H;1-4H,(H,8,9);3,6H,1-2H3;;;;;/q6*-1;;;;;;;/i2D,3D,4D,8D,9D;;;;;;;;;;;;. The van der Waals surface area contributed by atoms with E-state index in [0.717, 1.165) is 67.5 Å². The Morgan fingerprint density at radius 3 is 1.75 bits per heavy atom. The van der Waals surface area contributed by atoms with Gasteiger partial charge in [-0.25, -0.2) is 35.5 Å². The molecule has 0 saturated carbocycles. The number of carboxylic acids is 1. The van der Waals surface area contributed by atoms with E-state index in [9.17, 15) is 22.8 Å². The van der Waals surface area contributed by atoms with Gasteiger partial charge in [-0.1, -0.05) is 156 Å². The number of nitrogens with zero attached hydrogens (tertiary/aromatic N) is 13. The Morgan fingerprint density at radius 2 is 1.19 bits per heavy atom. The van der Waals surface area contributed by atoms with Crippen molar-refractivity contribution in [1.82, 2.24) is 50.0 Å². The van der Waals surface area contributed by atoms with Gasteiger partial charge in [0.15, 0.2) is 5.78 Å². The molecule has 9 aromatic heterocycles. The molecule has 15 aromatic rings. The Kier molecular flexibility index (Phi) is 36.4. The van der Waals surface area contributed by atoms with E-state index in [1.54, 1.807) is 72.5 Å². The summed E-state index contributed by atoms with van der Waals surface area (Å²) in [6.45, 7) is 8.61. The van der Waals surface area contributed by atoms with E-state index in [1.807, 2.05) is 190 Å². The Morgan fingerprint density at radius 1 is 0.566 bits per heavy atom. The SMILES string of the molecule is CC(=O)C=C(C)O.CN1C=CN(c2ccc(F)cn2)[CH-]1.CN1[CH-]N(c2ccccn2)c2ccccc21.Fc1c[c-]c(-c2ccccn2)c(F)c1.O=C(O)c1ccccn1.[2H]c1c([2H])c([2H])c(-c2cnc(-c3[c-]ccc4ccccc34)cc2C)c([2H])c1[2H].[Ir].[Ir].[Ir].[Ir].[Ir].[c-]1c(-c2ccccn2)sc2ccccc12.c1ccc(-c2ccn[n-]2)nc1. The van der Waals surface area contributed by atoms with Crippen LogP contribution in [0.5, 0.6) is 0 Å². The number of carbonyl (C=O) groups is 2. The van der Waals surface area contributed by atoms with Crippen molar-refractivity contribution in [2.45, 2.75) is 20.8 Å². The average Bonchev–Trinajstić information content (AvgIpc) is 1.12. The fraction of sp³-hybridized carbons (Fsp3) is 0.0575. The zero-order chi connectivity index (χ0) is 80.3. The number of halogens is 3. The number of aliphatic hydroxyl groups excluding tert-OH is 1.